The van der Waals surface area contributed by atoms with Crippen molar-refractivity contribution in [3.05, 3.63) is 42.5 Å². The van der Waals surface area contributed by atoms with E-state index in [0.717, 1.165) is 11.4 Å². The summed E-state index contributed by atoms with van der Waals surface area (Å²) >= 11 is 0. The van der Waals surface area contributed by atoms with E-state index in [1.54, 1.807) is 12.5 Å². The number of nitrogens with one attached hydrogen (secondary N) is 1. The Morgan fingerprint density at radius 3 is 2.56 bits per heavy atom. The van der Waals surface area contributed by atoms with E-state index in [2.05, 4.69) is 35.4 Å². The molecule has 0 bridgehead atoms. The van der Waals surface area contributed by atoms with Crippen molar-refractivity contribution in [2.75, 3.05) is 12.4 Å². The van der Waals surface area contributed by atoms with Gasteiger partial charge in [-0.2, -0.15) is 0 Å². The van der Waals surface area contributed by atoms with Gasteiger partial charge >= 0.3 is 0 Å². The van der Waals surface area contributed by atoms with Gasteiger partial charge in [0, 0.05) is 19.4 Å². The summed E-state index contributed by atoms with van der Waals surface area (Å²) < 4.78 is 1.99. The van der Waals surface area contributed by atoms with Crippen molar-refractivity contribution in [1.82, 2.24) is 9.55 Å². The number of anilines is 1. The van der Waals surface area contributed by atoms with Gasteiger partial charge in [-0.1, -0.05) is 6.07 Å². The van der Waals surface area contributed by atoms with Gasteiger partial charge in [0.05, 0.1) is 17.7 Å². The first-order valence-electron chi connectivity index (χ1n) is 4.58. The molecule has 0 aliphatic heterocycles. The summed E-state index contributed by atoms with van der Waals surface area (Å²) in [5, 5.41) is 3.18. The van der Waals surface area contributed by atoms with E-state index in [1.165, 1.54) is 5.56 Å². The lowest BCUT2D eigenvalue weighted by Gasteiger charge is -2.10. The topological polar surface area (TPSA) is 29.9 Å². The van der Waals surface area contributed by atoms with Crippen LogP contribution in [0.15, 0.2) is 36.9 Å². The second kappa shape index (κ2) is 6.40. The lowest BCUT2D eigenvalue weighted by Crippen LogP contribution is -1.98. The van der Waals surface area contributed by atoms with Gasteiger partial charge in [0.25, 0.3) is 0 Å². The third-order valence-electron chi connectivity index (χ3n) is 2.20. The molecule has 0 radical (unpaired) electrons. The summed E-state index contributed by atoms with van der Waals surface area (Å²) in [4.78, 5) is 4.03. The standard InChI is InChI=1S/C11H13N3.2ClH/c1-9-3-4-11(10(7-9)12-2)14-6-5-13-8-14;;/h3-8,12H,1-2H3;2*1H. The van der Waals surface area contributed by atoms with Crippen LogP contribution in [0.3, 0.4) is 0 Å². The Balaban J connectivity index is 0.00000112. The zero-order chi connectivity index (χ0) is 9.97. The van der Waals surface area contributed by atoms with Crippen molar-refractivity contribution < 1.29 is 0 Å². The first kappa shape index (κ1) is 14.8. The van der Waals surface area contributed by atoms with Gasteiger partial charge < -0.3 is 9.88 Å². The third kappa shape index (κ3) is 2.90. The van der Waals surface area contributed by atoms with E-state index in [-0.39, 0.29) is 24.8 Å². The van der Waals surface area contributed by atoms with Gasteiger partial charge in [-0.3, -0.25) is 0 Å². The summed E-state index contributed by atoms with van der Waals surface area (Å²) in [7, 11) is 1.93. The molecule has 0 aliphatic rings. The van der Waals surface area contributed by atoms with Crippen molar-refractivity contribution >= 4 is 30.5 Å². The zero-order valence-corrected chi connectivity index (χ0v) is 10.8. The van der Waals surface area contributed by atoms with Gasteiger partial charge in [0.1, 0.15) is 0 Å². The molecule has 0 spiro atoms. The Kier molecular flexibility index (Phi) is 5.93. The minimum absolute atomic E-state index is 0. The maximum atomic E-state index is 4.03. The molecular formula is C11H15Cl2N3. The minimum Gasteiger partial charge on any atom is -0.386 e. The molecule has 88 valence electrons. The molecule has 2 aromatic rings. The van der Waals surface area contributed by atoms with E-state index in [1.807, 2.05) is 17.8 Å². The Labute approximate surface area is 108 Å². The van der Waals surface area contributed by atoms with Gasteiger partial charge in [-0.05, 0) is 24.6 Å². The van der Waals surface area contributed by atoms with Crippen LogP contribution in [0.1, 0.15) is 5.56 Å². The molecule has 1 heterocycles. The summed E-state index contributed by atoms with van der Waals surface area (Å²) in [6.07, 6.45) is 5.51. The van der Waals surface area contributed by atoms with E-state index in [0.29, 0.717) is 0 Å². The molecular weight excluding hydrogens is 245 g/mol. The van der Waals surface area contributed by atoms with Crippen LogP contribution in [0.5, 0.6) is 0 Å². The van der Waals surface area contributed by atoms with Gasteiger partial charge in [0.2, 0.25) is 0 Å². The first-order chi connectivity index (χ1) is 6.81. The van der Waals surface area contributed by atoms with E-state index < -0.39 is 0 Å². The summed E-state index contributed by atoms with van der Waals surface area (Å²) in [6.45, 7) is 2.08. The predicted molar refractivity (Wildman–Crippen MR) is 72.3 cm³/mol. The smallest absolute Gasteiger partial charge is 0.0992 e. The first-order valence-corrected chi connectivity index (χ1v) is 4.58. The fourth-order valence-corrected chi connectivity index (χ4v) is 1.48. The summed E-state index contributed by atoms with van der Waals surface area (Å²) in [6, 6.07) is 6.30. The molecule has 5 heteroatoms. The Morgan fingerprint density at radius 2 is 2.00 bits per heavy atom. The molecule has 0 saturated carbocycles. The number of hydrogen-bond donors (Lipinski definition) is 1. The van der Waals surface area contributed by atoms with Crippen LogP contribution >= 0.6 is 24.8 Å². The van der Waals surface area contributed by atoms with E-state index >= 15 is 0 Å². The van der Waals surface area contributed by atoms with Crippen LogP contribution in [0, 0.1) is 6.92 Å². The molecule has 0 unspecified atom stereocenters. The number of aryl methyl sites for hydroxylation is 1. The highest BCUT2D eigenvalue weighted by atomic mass is 35.5. The number of imidazole rings is 1. The molecule has 0 amide bonds. The van der Waals surface area contributed by atoms with Crippen molar-refractivity contribution in [2.45, 2.75) is 6.92 Å². The van der Waals surface area contributed by atoms with Crippen molar-refractivity contribution in [2.24, 2.45) is 0 Å². The predicted octanol–water partition coefficient (Wildman–Crippen LogP) is 3.07. The number of nitrogens with zero attached hydrogens (tertiary/aromatic N) is 2. The molecule has 1 aromatic heterocycles. The van der Waals surface area contributed by atoms with E-state index in [9.17, 15) is 0 Å². The Bertz CT molecular complexity index is 427. The molecule has 1 N–H and O–H groups in total. The minimum atomic E-state index is 0. The average Bonchev–Trinajstić information content (AvgIpc) is 2.70. The maximum absolute atomic E-state index is 4.03. The van der Waals surface area contributed by atoms with Gasteiger partial charge in [-0.15, -0.1) is 24.8 Å². The van der Waals surface area contributed by atoms with Crippen molar-refractivity contribution in [3.63, 3.8) is 0 Å². The highest BCUT2D eigenvalue weighted by Gasteiger charge is 2.01. The molecule has 1 aromatic carbocycles. The number of benzene rings is 1. The van der Waals surface area contributed by atoms with Gasteiger partial charge in [-0.25, -0.2) is 4.98 Å². The van der Waals surface area contributed by atoms with Gasteiger partial charge in [0.15, 0.2) is 0 Å². The van der Waals surface area contributed by atoms with E-state index in [4.69, 9.17) is 0 Å². The normalized spacial score (nSPS) is 8.88. The summed E-state index contributed by atoms with van der Waals surface area (Å²) in [5.41, 5.74) is 3.48. The van der Waals surface area contributed by atoms with Crippen LogP contribution in [0.2, 0.25) is 0 Å². The highest BCUT2D eigenvalue weighted by molar-refractivity contribution is 5.85. The second-order valence-corrected chi connectivity index (χ2v) is 3.24. The number of hydrogen-bond acceptors (Lipinski definition) is 2. The zero-order valence-electron chi connectivity index (χ0n) is 9.18. The molecule has 0 aliphatic carbocycles. The molecule has 0 atom stereocenters. The van der Waals surface area contributed by atoms with Crippen molar-refractivity contribution in [1.29, 1.82) is 0 Å². The molecule has 2 rings (SSSR count). The highest BCUT2D eigenvalue weighted by Crippen LogP contribution is 2.20. The molecule has 0 fully saturated rings. The SMILES string of the molecule is CNc1cc(C)ccc1-n1ccnc1.Cl.Cl. The number of aromatic nitrogens is 2. The maximum Gasteiger partial charge on any atom is 0.0992 e. The van der Waals surface area contributed by atoms with Crippen LogP contribution in [-0.4, -0.2) is 16.6 Å². The lowest BCUT2D eigenvalue weighted by atomic mass is 10.2. The second-order valence-electron chi connectivity index (χ2n) is 3.24. The van der Waals surface area contributed by atoms with Crippen LogP contribution in [0.25, 0.3) is 5.69 Å². The molecule has 3 nitrogen and oxygen atoms in total. The summed E-state index contributed by atoms with van der Waals surface area (Å²) in [5.74, 6) is 0. The fraction of sp³-hybridized carbons (Fsp3) is 0.182. The molecule has 16 heavy (non-hydrogen) atoms. The van der Waals surface area contributed by atoms with Crippen LogP contribution in [0.4, 0.5) is 5.69 Å². The van der Waals surface area contributed by atoms with Crippen LogP contribution < -0.4 is 5.32 Å². The van der Waals surface area contributed by atoms with Crippen LogP contribution in [-0.2, 0) is 0 Å². The third-order valence-corrected chi connectivity index (χ3v) is 2.20. The Hall–Kier alpha value is -1.19. The number of halogens is 2. The lowest BCUT2D eigenvalue weighted by molar-refractivity contribution is 1.05. The number of rotatable bonds is 2. The quantitative estimate of drug-likeness (QED) is 0.899. The molecule has 0 saturated heterocycles. The average molecular weight is 260 g/mol. The monoisotopic (exact) mass is 259 g/mol. The Morgan fingerprint density at radius 1 is 1.25 bits per heavy atom. The fourth-order valence-electron chi connectivity index (χ4n) is 1.48. The largest absolute Gasteiger partial charge is 0.386 e. The van der Waals surface area contributed by atoms with Crippen molar-refractivity contribution in [3.8, 4) is 5.69 Å².